The van der Waals surface area contributed by atoms with Crippen LogP contribution < -0.4 is 16.8 Å². The summed E-state index contributed by atoms with van der Waals surface area (Å²) in [6, 6.07) is 7.32. The highest BCUT2D eigenvalue weighted by atomic mass is 16.1. The molecule has 16 heavy (non-hydrogen) atoms. The third-order valence-corrected chi connectivity index (χ3v) is 2.37. The fraction of sp³-hybridized carbons (Fsp3) is 0.417. The molecule has 88 valence electrons. The van der Waals surface area contributed by atoms with E-state index < -0.39 is 0 Å². The van der Waals surface area contributed by atoms with Crippen LogP contribution in [0.1, 0.15) is 28.8 Å². The molecular formula is C12H19N3O. The van der Waals surface area contributed by atoms with Crippen LogP contribution in [0.25, 0.3) is 0 Å². The molecule has 1 aromatic rings. The molecule has 0 aromatic heterocycles. The second-order valence-corrected chi connectivity index (χ2v) is 3.65. The van der Waals surface area contributed by atoms with Gasteiger partial charge >= 0.3 is 0 Å². The predicted octanol–water partition coefficient (Wildman–Crippen LogP) is 0.614. The Bertz CT molecular complexity index is 322. The van der Waals surface area contributed by atoms with Gasteiger partial charge in [-0.15, -0.1) is 0 Å². The van der Waals surface area contributed by atoms with E-state index in [9.17, 15) is 4.79 Å². The number of carbonyl (C=O) groups is 1. The molecule has 0 radical (unpaired) electrons. The molecule has 1 aromatic carbocycles. The minimum absolute atomic E-state index is 0.0411. The lowest BCUT2D eigenvalue weighted by Gasteiger charge is -2.05. The molecule has 5 N–H and O–H groups in total. The molecule has 0 aliphatic carbocycles. The second kappa shape index (κ2) is 6.98. The Hall–Kier alpha value is -1.39. The number of nitrogens with one attached hydrogen (secondary N) is 1. The summed E-state index contributed by atoms with van der Waals surface area (Å²) < 4.78 is 0. The number of benzene rings is 1. The molecule has 0 saturated carbocycles. The second-order valence-electron chi connectivity index (χ2n) is 3.65. The van der Waals surface area contributed by atoms with Gasteiger partial charge in [0.05, 0.1) is 0 Å². The van der Waals surface area contributed by atoms with Gasteiger partial charge in [-0.25, -0.2) is 0 Å². The van der Waals surface area contributed by atoms with E-state index in [1.807, 2.05) is 12.1 Å². The van der Waals surface area contributed by atoms with E-state index in [1.165, 1.54) is 0 Å². The molecule has 0 aliphatic rings. The number of hydrogen-bond donors (Lipinski definition) is 3. The summed E-state index contributed by atoms with van der Waals surface area (Å²) in [7, 11) is 0. The van der Waals surface area contributed by atoms with Crippen molar-refractivity contribution in [3.05, 3.63) is 35.4 Å². The Morgan fingerprint density at radius 1 is 1.12 bits per heavy atom. The summed E-state index contributed by atoms with van der Waals surface area (Å²) in [5.41, 5.74) is 12.5. The van der Waals surface area contributed by atoms with E-state index in [2.05, 4.69) is 5.32 Å². The Labute approximate surface area is 96.0 Å². The highest BCUT2D eigenvalue weighted by Gasteiger charge is 2.03. The SMILES string of the molecule is NCCCCNC(=O)c1ccc(CN)cc1. The fourth-order valence-electron chi connectivity index (χ4n) is 1.37. The zero-order chi connectivity index (χ0) is 11.8. The molecule has 0 fully saturated rings. The van der Waals surface area contributed by atoms with E-state index in [1.54, 1.807) is 12.1 Å². The van der Waals surface area contributed by atoms with Crippen LogP contribution in [0.2, 0.25) is 0 Å². The Balaban J connectivity index is 2.40. The largest absolute Gasteiger partial charge is 0.352 e. The van der Waals surface area contributed by atoms with Crippen molar-refractivity contribution in [3.8, 4) is 0 Å². The number of nitrogens with two attached hydrogens (primary N) is 2. The number of unbranched alkanes of at least 4 members (excludes halogenated alkanes) is 1. The number of carbonyl (C=O) groups excluding carboxylic acids is 1. The van der Waals surface area contributed by atoms with Crippen molar-refractivity contribution in [1.29, 1.82) is 0 Å². The molecule has 0 saturated heterocycles. The maximum Gasteiger partial charge on any atom is 0.251 e. The van der Waals surface area contributed by atoms with Gasteiger partial charge in [0.15, 0.2) is 0 Å². The molecule has 0 spiro atoms. The summed E-state index contributed by atoms with van der Waals surface area (Å²) in [5.74, 6) is -0.0411. The van der Waals surface area contributed by atoms with E-state index >= 15 is 0 Å². The number of hydrogen-bond acceptors (Lipinski definition) is 3. The number of rotatable bonds is 6. The summed E-state index contributed by atoms with van der Waals surface area (Å²) in [6.07, 6.45) is 1.86. The minimum Gasteiger partial charge on any atom is -0.352 e. The maximum atomic E-state index is 11.6. The van der Waals surface area contributed by atoms with Crippen molar-refractivity contribution in [2.75, 3.05) is 13.1 Å². The normalized spacial score (nSPS) is 10.1. The van der Waals surface area contributed by atoms with Crippen molar-refractivity contribution in [3.63, 3.8) is 0 Å². The lowest BCUT2D eigenvalue weighted by atomic mass is 10.1. The van der Waals surface area contributed by atoms with Crippen molar-refractivity contribution in [1.82, 2.24) is 5.32 Å². The Morgan fingerprint density at radius 2 is 1.81 bits per heavy atom. The van der Waals surface area contributed by atoms with E-state index in [0.717, 1.165) is 18.4 Å². The first-order chi connectivity index (χ1) is 7.77. The standard InChI is InChI=1S/C12H19N3O/c13-7-1-2-8-15-12(16)11-5-3-10(9-14)4-6-11/h3-6H,1-2,7-9,13-14H2,(H,15,16). The molecule has 1 rings (SSSR count). The van der Waals surface area contributed by atoms with Crippen LogP contribution in [-0.2, 0) is 6.54 Å². The summed E-state index contributed by atoms with van der Waals surface area (Å²) in [6.45, 7) is 1.84. The zero-order valence-corrected chi connectivity index (χ0v) is 9.41. The van der Waals surface area contributed by atoms with Crippen molar-refractivity contribution >= 4 is 5.91 Å². The van der Waals surface area contributed by atoms with Crippen molar-refractivity contribution in [2.24, 2.45) is 11.5 Å². The van der Waals surface area contributed by atoms with Crippen LogP contribution in [0.3, 0.4) is 0 Å². The molecule has 4 nitrogen and oxygen atoms in total. The molecule has 0 atom stereocenters. The van der Waals surface area contributed by atoms with Crippen LogP contribution >= 0.6 is 0 Å². The molecular weight excluding hydrogens is 202 g/mol. The average Bonchev–Trinajstić information content (AvgIpc) is 2.34. The van der Waals surface area contributed by atoms with Crippen LogP contribution in [0.5, 0.6) is 0 Å². The van der Waals surface area contributed by atoms with Crippen LogP contribution in [0.15, 0.2) is 24.3 Å². The third kappa shape index (κ3) is 4.00. The van der Waals surface area contributed by atoms with Gasteiger partial charge in [0, 0.05) is 18.7 Å². The molecule has 0 heterocycles. The summed E-state index contributed by atoms with van der Waals surface area (Å²) in [5, 5.41) is 2.85. The molecule has 1 amide bonds. The average molecular weight is 221 g/mol. The quantitative estimate of drug-likeness (QED) is 0.616. The van der Waals surface area contributed by atoms with Gasteiger partial charge in [0.2, 0.25) is 0 Å². The Kier molecular flexibility index (Phi) is 5.53. The van der Waals surface area contributed by atoms with Gasteiger partial charge in [-0.3, -0.25) is 4.79 Å². The van der Waals surface area contributed by atoms with Crippen LogP contribution in [-0.4, -0.2) is 19.0 Å². The van der Waals surface area contributed by atoms with Crippen molar-refractivity contribution < 1.29 is 4.79 Å². The van der Waals surface area contributed by atoms with Crippen LogP contribution in [0, 0.1) is 0 Å². The highest BCUT2D eigenvalue weighted by molar-refractivity contribution is 5.94. The van der Waals surface area contributed by atoms with E-state index in [4.69, 9.17) is 11.5 Å². The molecule has 0 unspecified atom stereocenters. The van der Waals surface area contributed by atoms with E-state index in [-0.39, 0.29) is 5.91 Å². The van der Waals surface area contributed by atoms with Gasteiger partial charge in [-0.05, 0) is 37.1 Å². The lowest BCUT2D eigenvalue weighted by molar-refractivity contribution is 0.0953. The van der Waals surface area contributed by atoms with E-state index in [0.29, 0.717) is 25.2 Å². The molecule has 0 aliphatic heterocycles. The third-order valence-electron chi connectivity index (χ3n) is 2.37. The zero-order valence-electron chi connectivity index (χ0n) is 9.41. The van der Waals surface area contributed by atoms with Crippen molar-refractivity contribution in [2.45, 2.75) is 19.4 Å². The summed E-state index contributed by atoms with van der Waals surface area (Å²) in [4.78, 5) is 11.6. The maximum absolute atomic E-state index is 11.6. The fourth-order valence-corrected chi connectivity index (χ4v) is 1.37. The van der Waals surface area contributed by atoms with Gasteiger partial charge in [-0.2, -0.15) is 0 Å². The molecule has 4 heteroatoms. The van der Waals surface area contributed by atoms with Gasteiger partial charge < -0.3 is 16.8 Å². The lowest BCUT2D eigenvalue weighted by Crippen LogP contribution is -2.24. The first kappa shape index (κ1) is 12.7. The Morgan fingerprint density at radius 3 is 2.38 bits per heavy atom. The number of amides is 1. The van der Waals surface area contributed by atoms with Gasteiger partial charge in [-0.1, -0.05) is 12.1 Å². The first-order valence-electron chi connectivity index (χ1n) is 5.55. The van der Waals surface area contributed by atoms with Gasteiger partial charge in [0.25, 0.3) is 5.91 Å². The van der Waals surface area contributed by atoms with Crippen LogP contribution in [0.4, 0.5) is 0 Å². The smallest absolute Gasteiger partial charge is 0.251 e. The first-order valence-corrected chi connectivity index (χ1v) is 5.55. The highest BCUT2D eigenvalue weighted by Crippen LogP contribution is 2.03. The minimum atomic E-state index is -0.0411. The van der Waals surface area contributed by atoms with Gasteiger partial charge in [0.1, 0.15) is 0 Å². The molecule has 0 bridgehead atoms. The topological polar surface area (TPSA) is 81.1 Å². The monoisotopic (exact) mass is 221 g/mol. The predicted molar refractivity (Wildman–Crippen MR) is 65.0 cm³/mol. The summed E-state index contributed by atoms with van der Waals surface area (Å²) >= 11 is 0.